The number of halogens is 1. The Morgan fingerprint density at radius 2 is 2.33 bits per heavy atom. The SMILES string of the molecule is COCCn1cc(Nc2nc(N=CC(C)C3CC3)c3cc[nH]c3n2)c(Cl)n1. The third-order valence-electron chi connectivity index (χ3n) is 4.68. The van der Waals surface area contributed by atoms with Crippen LogP contribution in [0.5, 0.6) is 0 Å². The summed E-state index contributed by atoms with van der Waals surface area (Å²) in [5, 5.41) is 8.64. The molecule has 0 radical (unpaired) electrons. The predicted octanol–water partition coefficient (Wildman–Crippen LogP) is 3.95. The maximum Gasteiger partial charge on any atom is 0.231 e. The van der Waals surface area contributed by atoms with E-state index < -0.39 is 0 Å². The first-order valence-electron chi connectivity index (χ1n) is 9.02. The summed E-state index contributed by atoms with van der Waals surface area (Å²) in [6, 6.07) is 1.93. The molecular weight excluding hydrogens is 366 g/mol. The molecule has 0 amide bonds. The van der Waals surface area contributed by atoms with Crippen LogP contribution >= 0.6 is 11.6 Å². The molecule has 9 heteroatoms. The maximum absolute atomic E-state index is 6.23. The molecule has 142 valence electrons. The van der Waals surface area contributed by atoms with Gasteiger partial charge in [-0.15, -0.1) is 0 Å². The lowest BCUT2D eigenvalue weighted by atomic mass is 10.1. The largest absolute Gasteiger partial charge is 0.383 e. The van der Waals surface area contributed by atoms with Crippen molar-refractivity contribution < 1.29 is 4.74 Å². The van der Waals surface area contributed by atoms with E-state index in [2.05, 4.69) is 37.3 Å². The van der Waals surface area contributed by atoms with E-state index in [0.717, 1.165) is 17.0 Å². The molecule has 0 spiro atoms. The summed E-state index contributed by atoms with van der Waals surface area (Å²) >= 11 is 6.23. The first kappa shape index (κ1) is 17.9. The second kappa shape index (κ2) is 7.66. The van der Waals surface area contributed by atoms with Crippen LogP contribution in [0, 0.1) is 11.8 Å². The monoisotopic (exact) mass is 387 g/mol. The lowest BCUT2D eigenvalue weighted by Crippen LogP contribution is -2.04. The molecule has 0 aromatic carbocycles. The van der Waals surface area contributed by atoms with Gasteiger partial charge < -0.3 is 15.0 Å². The van der Waals surface area contributed by atoms with Crippen LogP contribution in [0.3, 0.4) is 0 Å². The fraction of sp³-hybridized carbons (Fsp3) is 0.444. The minimum Gasteiger partial charge on any atom is -0.383 e. The molecule has 1 atom stereocenters. The Balaban J connectivity index is 1.59. The highest BCUT2D eigenvalue weighted by molar-refractivity contribution is 6.32. The summed E-state index contributed by atoms with van der Waals surface area (Å²) in [6.07, 6.45) is 8.21. The number of rotatable bonds is 8. The number of nitrogens with zero attached hydrogens (tertiary/aromatic N) is 5. The van der Waals surface area contributed by atoms with Crippen LogP contribution in [0.25, 0.3) is 11.0 Å². The van der Waals surface area contributed by atoms with E-state index in [4.69, 9.17) is 16.3 Å². The molecule has 3 aromatic heterocycles. The van der Waals surface area contributed by atoms with Gasteiger partial charge >= 0.3 is 0 Å². The molecule has 1 unspecified atom stereocenters. The van der Waals surface area contributed by atoms with Gasteiger partial charge in [-0.25, -0.2) is 4.99 Å². The van der Waals surface area contributed by atoms with Crippen LogP contribution in [0.2, 0.25) is 5.15 Å². The number of methoxy groups -OCH3 is 1. The molecular formula is C18H22ClN7O. The zero-order chi connectivity index (χ0) is 18.8. The van der Waals surface area contributed by atoms with Gasteiger partial charge in [0, 0.05) is 19.5 Å². The van der Waals surface area contributed by atoms with Crippen LogP contribution in [0.1, 0.15) is 19.8 Å². The Morgan fingerprint density at radius 3 is 3.11 bits per heavy atom. The fourth-order valence-corrected chi connectivity index (χ4v) is 3.11. The van der Waals surface area contributed by atoms with E-state index in [9.17, 15) is 0 Å². The quantitative estimate of drug-likeness (QED) is 0.571. The number of fused-ring (bicyclic) bond motifs is 1. The number of anilines is 2. The number of aliphatic imine (C=N–C) groups is 1. The zero-order valence-corrected chi connectivity index (χ0v) is 16.1. The van der Waals surface area contributed by atoms with Gasteiger partial charge in [-0.05, 0) is 30.7 Å². The minimum absolute atomic E-state index is 0.355. The van der Waals surface area contributed by atoms with E-state index in [-0.39, 0.29) is 0 Å². The molecule has 4 rings (SSSR count). The molecule has 2 N–H and O–H groups in total. The molecule has 0 saturated heterocycles. The van der Waals surface area contributed by atoms with Gasteiger partial charge in [0.2, 0.25) is 5.95 Å². The molecule has 27 heavy (non-hydrogen) atoms. The molecule has 1 aliphatic carbocycles. The Morgan fingerprint density at radius 1 is 1.48 bits per heavy atom. The number of hydrogen-bond donors (Lipinski definition) is 2. The van der Waals surface area contributed by atoms with Crippen molar-refractivity contribution in [3.8, 4) is 0 Å². The first-order valence-corrected chi connectivity index (χ1v) is 9.40. The third kappa shape index (κ3) is 4.12. The third-order valence-corrected chi connectivity index (χ3v) is 4.96. The molecule has 3 aromatic rings. The Bertz CT molecular complexity index is 960. The first-order chi connectivity index (χ1) is 13.1. The van der Waals surface area contributed by atoms with Crippen LogP contribution in [-0.2, 0) is 11.3 Å². The van der Waals surface area contributed by atoms with Crippen molar-refractivity contribution >= 4 is 46.3 Å². The summed E-state index contributed by atoms with van der Waals surface area (Å²) in [4.78, 5) is 16.8. The number of nitrogens with one attached hydrogen (secondary N) is 2. The fourth-order valence-electron chi connectivity index (χ4n) is 2.91. The van der Waals surface area contributed by atoms with Crippen molar-refractivity contribution in [1.29, 1.82) is 0 Å². The minimum atomic E-state index is 0.355. The molecule has 0 bridgehead atoms. The van der Waals surface area contributed by atoms with E-state index in [1.54, 1.807) is 11.8 Å². The topological polar surface area (TPSA) is 93.0 Å². The number of ether oxygens (including phenoxy) is 1. The lowest BCUT2D eigenvalue weighted by Gasteiger charge is -2.05. The van der Waals surface area contributed by atoms with Gasteiger partial charge in [-0.1, -0.05) is 18.5 Å². The average molecular weight is 388 g/mol. The van der Waals surface area contributed by atoms with Crippen molar-refractivity contribution in [3.63, 3.8) is 0 Å². The Labute approximate surface area is 162 Å². The van der Waals surface area contributed by atoms with Gasteiger partial charge in [-0.2, -0.15) is 15.1 Å². The maximum atomic E-state index is 6.23. The normalized spacial score (nSPS) is 15.7. The number of hydrogen-bond acceptors (Lipinski definition) is 6. The molecule has 8 nitrogen and oxygen atoms in total. The highest BCUT2D eigenvalue weighted by Gasteiger charge is 2.26. The van der Waals surface area contributed by atoms with Gasteiger partial charge in [0.05, 0.1) is 30.4 Å². The van der Waals surface area contributed by atoms with Crippen molar-refractivity contribution in [2.75, 3.05) is 19.0 Å². The van der Waals surface area contributed by atoms with Gasteiger partial charge in [0.15, 0.2) is 11.0 Å². The predicted molar refractivity (Wildman–Crippen MR) is 106 cm³/mol. The van der Waals surface area contributed by atoms with E-state index >= 15 is 0 Å². The van der Waals surface area contributed by atoms with Crippen molar-refractivity contribution in [2.45, 2.75) is 26.3 Å². The highest BCUT2D eigenvalue weighted by Crippen LogP contribution is 2.36. The smallest absolute Gasteiger partial charge is 0.231 e. The van der Waals surface area contributed by atoms with E-state index in [1.807, 2.05) is 24.7 Å². The highest BCUT2D eigenvalue weighted by atomic mass is 35.5. The summed E-state index contributed by atoms with van der Waals surface area (Å²) in [7, 11) is 1.65. The average Bonchev–Trinajstić information content (AvgIpc) is 3.31. The van der Waals surface area contributed by atoms with Gasteiger partial charge in [0.25, 0.3) is 0 Å². The second-order valence-electron chi connectivity index (χ2n) is 6.80. The number of H-pyrrole nitrogens is 1. The molecule has 3 heterocycles. The summed E-state index contributed by atoms with van der Waals surface area (Å²) in [6.45, 7) is 3.37. The van der Waals surface area contributed by atoms with Crippen molar-refractivity contribution in [1.82, 2.24) is 24.7 Å². The lowest BCUT2D eigenvalue weighted by molar-refractivity contribution is 0.183. The van der Waals surface area contributed by atoms with Crippen LogP contribution < -0.4 is 5.32 Å². The number of aromatic amines is 1. The summed E-state index contributed by atoms with van der Waals surface area (Å²) in [5.41, 5.74) is 1.36. The molecule has 1 saturated carbocycles. The molecule has 0 aliphatic heterocycles. The van der Waals surface area contributed by atoms with Crippen LogP contribution in [0.4, 0.5) is 17.5 Å². The standard InChI is InChI=1S/C18H22ClN7O/c1-11(12-3-4-12)9-21-17-13-5-6-20-16(13)23-18(24-17)22-14-10-26(7-8-27-2)25-15(14)19/h5-6,9-12H,3-4,7-8H2,1-2H3,(H2,20,22,23,24). The van der Waals surface area contributed by atoms with E-state index in [1.165, 1.54) is 12.8 Å². The molecule has 1 aliphatic rings. The number of aromatic nitrogens is 5. The Kier molecular flexibility index (Phi) is 5.09. The molecule has 1 fully saturated rings. The summed E-state index contributed by atoms with van der Waals surface area (Å²) < 4.78 is 6.79. The van der Waals surface area contributed by atoms with Gasteiger partial charge in [-0.3, -0.25) is 4.68 Å². The summed E-state index contributed by atoms with van der Waals surface area (Å²) in [5.74, 6) is 2.27. The van der Waals surface area contributed by atoms with Gasteiger partial charge in [0.1, 0.15) is 5.65 Å². The van der Waals surface area contributed by atoms with E-state index in [0.29, 0.717) is 41.7 Å². The Hall–Kier alpha value is -2.45. The van der Waals surface area contributed by atoms with Crippen LogP contribution in [-0.4, -0.2) is 44.7 Å². The van der Waals surface area contributed by atoms with Crippen molar-refractivity contribution in [2.24, 2.45) is 16.8 Å². The van der Waals surface area contributed by atoms with Crippen molar-refractivity contribution in [3.05, 3.63) is 23.6 Å². The second-order valence-corrected chi connectivity index (χ2v) is 7.16. The zero-order valence-electron chi connectivity index (χ0n) is 15.3. The van der Waals surface area contributed by atoms with Crippen LogP contribution in [0.15, 0.2) is 23.5 Å².